The molecule has 0 aliphatic heterocycles. The normalized spacial score (nSPS) is 13.0. The fourth-order valence-corrected chi connectivity index (χ4v) is 3.19. The number of rotatable bonds is 9. The van der Waals surface area contributed by atoms with Gasteiger partial charge in [-0.3, -0.25) is 4.79 Å². The van der Waals surface area contributed by atoms with E-state index in [2.05, 4.69) is 5.32 Å². The number of carbonyl (C=O) groups excluding carboxylic acids is 1. The second-order valence-electron chi connectivity index (χ2n) is 6.80. The van der Waals surface area contributed by atoms with Crippen molar-refractivity contribution in [3.8, 4) is 11.5 Å². The molecule has 166 valence electrons. The maximum absolute atomic E-state index is 11.2. The predicted octanol–water partition coefficient (Wildman–Crippen LogP) is 1.37. The smallest absolute Gasteiger partial charge is 0.326 e. The van der Waals surface area contributed by atoms with E-state index in [-0.39, 0.29) is 17.6 Å². The largest absolute Gasteiger partial charge is 0.493 e. The minimum absolute atomic E-state index is 0.0867. The standard InChI is InChI=1S/C12H19NO4S.C7H13NO3/c1-4-17-12-7-9(5-6-11(12)16-2)10(13)8-18(3,14)15;1-4(2)6(7(10)11)8-5(3)9/h5-7,10H,4,8,13H2,1-3H3;4,6H,1-3H3,(H,8,9)(H,10,11)/t10-;6-/m10/s1. The van der Waals surface area contributed by atoms with Gasteiger partial charge in [-0.1, -0.05) is 19.9 Å². The summed E-state index contributed by atoms with van der Waals surface area (Å²) in [6, 6.07) is 3.86. The molecule has 1 aromatic carbocycles. The third-order valence-corrected chi connectivity index (χ3v) is 4.65. The molecule has 1 rings (SSSR count). The third-order valence-electron chi connectivity index (χ3n) is 3.69. The molecule has 29 heavy (non-hydrogen) atoms. The molecule has 0 aliphatic carbocycles. The topological polar surface area (TPSA) is 145 Å². The maximum Gasteiger partial charge on any atom is 0.326 e. The highest BCUT2D eigenvalue weighted by Gasteiger charge is 2.21. The van der Waals surface area contributed by atoms with Crippen LogP contribution in [0.2, 0.25) is 0 Å². The molecule has 1 amide bonds. The number of ether oxygens (including phenoxy) is 2. The SMILES string of the molecule is CC(=O)N[C@H](C(=O)O)C(C)C.CCOc1cc([C@H](N)CS(C)(=O)=O)ccc1OC. The summed E-state index contributed by atoms with van der Waals surface area (Å²) in [5.74, 6) is -0.309. The number of carboxylic acid groups (broad SMARTS) is 1. The van der Waals surface area contributed by atoms with Crippen LogP contribution < -0.4 is 20.5 Å². The molecule has 0 fully saturated rings. The van der Waals surface area contributed by atoms with Gasteiger partial charge in [-0.25, -0.2) is 13.2 Å². The van der Waals surface area contributed by atoms with Crippen LogP contribution in [0.25, 0.3) is 0 Å². The Morgan fingerprint density at radius 2 is 1.83 bits per heavy atom. The molecule has 0 aromatic heterocycles. The first-order valence-corrected chi connectivity index (χ1v) is 11.1. The van der Waals surface area contributed by atoms with Crippen LogP contribution in [0, 0.1) is 5.92 Å². The van der Waals surface area contributed by atoms with Crippen molar-refractivity contribution in [1.82, 2.24) is 5.32 Å². The zero-order valence-electron chi connectivity index (χ0n) is 17.8. The number of amides is 1. The molecule has 0 radical (unpaired) electrons. The van der Waals surface area contributed by atoms with Crippen molar-refractivity contribution in [1.29, 1.82) is 0 Å². The van der Waals surface area contributed by atoms with Crippen molar-refractivity contribution in [2.24, 2.45) is 11.7 Å². The Balaban J connectivity index is 0.000000614. The van der Waals surface area contributed by atoms with Crippen molar-refractivity contribution in [2.75, 3.05) is 25.7 Å². The van der Waals surface area contributed by atoms with Gasteiger partial charge < -0.3 is 25.6 Å². The Hall–Kier alpha value is -2.33. The van der Waals surface area contributed by atoms with Crippen LogP contribution in [-0.2, 0) is 19.4 Å². The summed E-state index contributed by atoms with van der Waals surface area (Å²) in [5, 5.41) is 10.9. The van der Waals surface area contributed by atoms with E-state index in [9.17, 15) is 18.0 Å². The van der Waals surface area contributed by atoms with Crippen molar-refractivity contribution in [3.05, 3.63) is 23.8 Å². The third kappa shape index (κ3) is 10.7. The molecule has 0 aliphatic rings. The van der Waals surface area contributed by atoms with E-state index >= 15 is 0 Å². The second kappa shape index (κ2) is 12.3. The zero-order chi connectivity index (χ0) is 22.8. The Morgan fingerprint density at radius 1 is 1.24 bits per heavy atom. The van der Waals surface area contributed by atoms with Crippen LogP contribution in [0.4, 0.5) is 0 Å². The second-order valence-corrected chi connectivity index (χ2v) is 8.99. The highest BCUT2D eigenvalue weighted by atomic mass is 32.2. The van der Waals surface area contributed by atoms with Crippen LogP contribution in [0.15, 0.2) is 18.2 Å². The van der Waals surface area contributed by atoms with Crippen molar-refractivity contribution >= 4 is 21.7 Å². The molecular formula is C19H32N2O7S. The number of carbonyl (C=O) groups is 2. The maximum atomic E-state index is 11.2. The van der Waals surface area contributed by atoms with E-state index in [0.29, 0.717) is 23.7 Å². The fraction of sp³-hybridized carbons (Fsp3) is 0.579. The van der Waals surface area contributed by atoms with Gasteiger partial charge in [-0.2, -0.15) is 0 Å². The molecule has 2 atom stereocenters. The molecular weight excluding hydrogens is 400 g/mol. The highest BCUT2D eigenvalue weighted by Crippen LogP contribution is 2.30. The van der Waals surface area contributed by atoms with Crippen LogP contribution in [-0.4, -0.2) is 57.2 Å². The van der Waals surface area contributed by atoms with Gasteiger partial charge in [-0.05, 0) is 30.5 Å². The monoisotopic (exact) mass is 432 g/mol. The van der Waals surface area contributed by atoms with E-state index in [4.69, 9.17) is 20.3 Å². The average Bonchev–Trinajstić information content (AvgIpc) is 2.58. The number of aliphatic carboxylic acids is 1. The molecule has 1 aromatic rings. The van der Waals surface area contributed by atoms with Crippen LogP contribution >= 0.6 is 0 Å². The van der Waals surface area contributed by atoms with Gasteiger partial charge in [-0.15, -0.1) is 0 Å². The molecule has 0 saturated carbocycles. The van der Waals surface area contributed by atoms with Gasteiger partial charge in [0.25, 0.3) is 0 Å². The Labute approximate surface area is 172 Å². The number of carboxylic acids is 1. The minimum Gasteiger partial charge on any atom is -0.493 e. The molecule has 0 bridgehead atoms. The first-order chi connectivity index (χ1) is 13.3. The lowest BCUT2D eigenvalue weighted by molar-refractivity contribution is -0.142. The van der Waals surface area contributed by atoms with E-state index in [1.807, 2.05) is 6.92 Å². The number of benzene rings is 1. The van der Waals surface area contributed by atoms with Crippen LogP contribution in [0.5, 0.6) is 11.5 Å². The number of sulfone groups is 1. The molecule has 4 N–H and O–H groups in total. The lowest BCUT2D eigenvalue weighted by Crippen LogP contribution is -2.43. The van der Waals surface area contributed by atoms with Crippen LogP contribution in [0.1, 0.15) is 39.3 Å². The van der Waals surface area contributed by atoms with Gasteiger partial charge in [0.1, 0.15) is 15.9 Å². The zero-order valence-corrected chi connectivity index (χ0v) is 18.6. The van der Waals surface area contributed by atoms with Crippen molar-refractivity contribution in [2.45, 2.75) is 39.8 Å². The highest BCUT2D eigenvalue weighted by molar-refractivity contribution is 7.90. The summed E-state index contributed by atoms with van der Waals surface area (Å²) in [6.07, 6.45) is 1.17. The molecule has 0 spiro atoms. The molecule has 10 heteroatoms. The fourth-order valence-electron chi connectivity index (χ4n) is 2.35. The Bertz CT molecular complexity index is 779. The number of hydrogen-bond acceptors (Lipinski definition) is 7. The van der Waals surface area contributed by atoms with Crippen molar-refractivity contribution < 1.29 is 32.6 Å². The lowest BCUT2D eigenvalue weighted by atomic mass is 10.1. The van der Waals surface area contributed by atoms with E-state index in [1.165, 1.54) is 13.2 Å². The first kappa shape index (κ1) is 26.7. The summed E-state index contributed by atoms with van der Waals surface area (Å²) in [6.45, 7) is 7.16. The van der Waals surface area contributed by atoms with Gasteiger partial charge in [0.2, 0.25) is 5.91 Å². The summed E-state index contributed by atoms with van der Waals surface area (Å²) in [4.78, 5) is 21.0. The summed E-state index contributed by atoms with van der Waals surface area (Å²) in [5.41, 5.74) is 6.57. The summed E-state index contributed by atoms with van der Waals surface area (Å²) < 4.78 is 33.0. The molecule has 0 unspecified atom stereocenters. The average molecular weight is 433 g/mol. The van der Waals surface area contributed by atoms with Gasteiger partial charge in [0.05, 0.1) is 19.5 Å². The van der Waals surface area contributed by atoms with E-state index in [0.717, 1.165) is 0 Å². The number of hydrogen-bond donors (Lipinski definition) is 3. The predicted molar refractivity (Wildman–Crippen MR) is 111 cm³/mol. The summed E-state index contributed by atoms with van der Waals surface area (Å²) >= 11 is 0. The van der Waals surface area contributed by atoms with Gasteiger partial charge >= 0.3 is 5.97 Å². The van der Waals surface area contributed by atoms with E-state index in [1.54, 1.807) is 39.2 Å². The minimum atomic E-state index is -3.11. The Morgan fingerprint density at radius 3 is 2.17 bits per heavy atom. The molecule has 0 heterocycles. The quantitative estimate of drug-likeness (QED) is 0.530. The number of nitrogens with one attached hydrogen (secondary N) is 1. The summed E-state index contributed by atoms with van der Waals surface area (Å²) in [7, 11) is -1.56. The van der Waals surface area contributed by atoms with E-state index < -0.39 is 27.9 Å². The molecule has 0 saturated heterocycles. The molecule has 9 nitrogen and oxygen atoms in total. The number of methoxy groups -OCH3 is 1. The van der Waals surface area contributed by atoms with Gasteiger partial charge in [0, 0.05) is 19.2 Å². The Kier molecular flexibility index (Phi) is 11.3. The van der Waals surface area contributed by atoms with Gasteiger partial charge in [0.15, 0.2) is 11.5 Å². The van der Waals surface area contributed by atoms with Crippen molar-refractivity contribution in [3.63, 3.8) is 0 Å². The van der Waals surface area contributed by atoms with Crippen LogP contribution in [0.3, 0.4) is 0 Å². The number of nitrogens with two attached hydrogens (primary N) is 1. The first-order valence-electron chi connectivity index (χ1n) is 9.06. The lowest BCUT2D eigenvalue weighted by Gasteiger charge is -2.16.